The summed E-state index contributed by atoms with van der Waals surface area (Å²) < 4.78 is 42.9. The number of benzene rings is 2. The summed E-state index contributed by atoms with van der Waals surface area (Å²) in [6.07, 6.45) is 1.53. The Morgan fingerprint density at radius 3 is 2.57 bits per heavy atom. The van der Waals surface area contributed by atoms with E-state index in [2.05, 4.69) is 15.8 Å². The second-order valence-electron chi connectivity index (χ2n) is 7.64. The molecule has 0 aliphatic carbocycles. The van der Waals surface area contributed by atoms with Crippen molar-refractivity contribution in [3.05, 3.63) is 70.4 Å². The third-order valence-electron chi connectivity index (χ3n) is 5.21. The number of nitrogens with one attached hydrogen (secondary N) is 2. The summed E-state index contributed by atoms with van der Waals surface area (Å²) in [5, 5.41) is 9.07. The fourth-order valence-corrected chi connectivity index (χ4v) is 5.54. The molecule has 4 rings (SSSR count). The van der Waals surface area contributed by atoms with Gasteiger partial charge in [-0.3, -0.25) is 5.43 Å². The minimum Gasteiger partial charge on any atom is -0.493 e. The van der Waals surface area contributed by atoms with Crippen LogP contribution in [-0.4, -0.2) is 63.4 Å². The first kappa shape index (κ1) is 26.7. The molecule has 0 spiro atoms. The van der Waals surface area contributed by atoms with Crippen LogP contribution in [0, 0.1) is 0 Å². The number of thiophene rings is 1. The van der Waals surface area contributed by atoms with Gasteiger partial charge < -0.3 is 19.5 Å². The first-order valence-corrected chi connectivity index (χ1v) is 13.8. The Kier molecular flexibility index (Phi) is 8.84. The number of hydrogen-bond donors (Lipinski definition) is 2. The van der Waals surface area contributed by atoms with Crippen molar-refractivity contribution in [3.8, 4) is 11.5 Å². The molecule has 2 N–H and O–H groups in total. The van der Waals surface area contributed by atoms with Crippen LogP contribution < -0.4 is 20.2 Å². The largest absolute Gasteiger partial charge is 0.493 e. The summed E-state index contributed by atoms with van der Waals surface area (Å²) in [5.74, 6) is 0.212. The standard InChI is InChI=1S/C24H24N4O6S3/c1-32-21-15-17(4-9-20(21)34-23(29)22-3-2-14-36-22)16-25-27-24(35)26-18-5-7-19(8-6-18)37(30,31)28-10-12-33-13-11-28/h2-9,14-16H,10-13H2,1H3,(H2,26,27,35)/b25-16+. The van der Waals surface area contributed by atoms with Crippen LogP contribution in [0.2, 0.25) is 0 Å². The number of rotatable bonds is 8. The number of carbonyl (C=O) groups excluding carboxylic acids is 1. The van der Waals surface area contributed by atoms with Gasteiger partial charge in [0, 0.05) is 18.8 Å². The van der Waals surface area contributed by atoms with Crippen molar-refractivity contribution in [3.63, 3.8) is 0 Å². The normalized spacial score (nSPS) is 14.3. The molecule has 1 saturated heterocycles. The predicted molar refractivity (Wildman–Crippen MR) is 145 cm³/mol. The van der Waals surface area contributed by atoms with Gasteiger partial charge in [0.05, 0.1) is 31.4 Å². The van der Waals surface area contributed by atoms with Crippen LogP contribution in [0.3, 0.4) is 0 Å². The molecule has 37 heavy (non-hydrogen) atoms. The average Bonchev–Trinajstić information content (AvgIpc) is 3.46. The second-order valence-corrected chi connectivity index (χ2v) is 10.9. The maximum absolute atomic E-state index is 12.7. The zero-order valence-corrected chi connectivity index (χ0v) is 22.2. The third kappa shape index (κ3) is 6.90. The number of nitrogens with zero attached hydrogens (tertiary/aromatic N) is 2. The van der Waals surface area contributed by atoms with E-state index in [1.807, 2.05) is 0 Å². The highest BCUT2D eigenvalue weighted by Gasteiger charge is 2.26. The fraction of sp³-hybridized carbons (Fsp3) is 0.208. The minimum absolute atomic E-state index is 0.204. The molecular weight excluding hydrogens is 536 g/mol. The lowest BCUT2D eigenvalue weighted by molar-refractivity contribution is 0.0730. The number of thiocarbonyl (C=S) groups is 1. The molecule has 0 bridgehead atoms. The molecule has 1 fully saturated rings. The van der Waals surface area contributed by atoms with E-state index < -0.39 is 16.0 Å². The molecule has 2 heterocycles. The van der Waals surface area contributed by atoms with Gasteiger partial charge in [-0.05, 0) is 71.7 Å². The molecule has 0 unspecified atom stereocenters. The molecule has 1 aliphatic rings. The van der Waals surface area contributed by atoms with Crippen LogP contribution >= 0.6 is 23.6 Å². The molecular formula is C24H24N4O6S3. The number of sulfonamides is 1. The SMILES string of the molecule is COc1cc(/C=N/NC(=S)Nc2ccc(S(=O)(=O)N3CCOCC3)cc2)ccc1OC(=O)c1cccs1. The topological polar surface area (TPSA) is 119 Å². The van der Waals surface area contributed by atoms with E-state index >= 15 is 0 Å². The lowest BCUT2D eigenvalue weighted by atomic mass is 10.2. The molecule has 194 valence electrons. The van der Waals surface area contributed by atoms with Crippen LogP contribution in [-0.2, 0) is 14.8 Å². The zero-order valence-electron chi connectivity index (χ0n) is 19.7. The van der Waals surface area contributed by atoms with Crippen molar-refractivity contribution < 1.29 is 27.4 Å². The van der Waals surface area contributed by atoms with E-state index in [0.29, 0.717) is 53.9 Å². The smallest absolute Gasteiger partial charge is 0.353 e. The van der Waals surface area contributed by atoms with E-state index in [-0.39, 0.29) is 10.0 Å². The maximum Gasteiger partial charge on any atom is 0.353 e. The van der Waals surface area contributed by atoms with Crippen molar-refractivity contribution >= 4 is 56.6 Å². The Bertz CT molecular complexity index is 1370. The lowest BCUT2D eigenvalue weighted by Crippen LogP contribution is -2.40. The van der Waals surface area contributed by atoms with E-state index in [1.165, 1.54) is 41.1 Å². The number of anilines is 1. The molecule has 10 nitrogen and oxygen atoms in total. The van der Waals surface area contributed by atoms with Gasteiger partial charge in [0.2, 0.25) is 10.0 Å². The highest BCUT2D eigenvalue weighted by molar-refractivity contribution is 7.89. The van der Waals surface area contributed by atoms with E-state index in [9.17, 15) is 13.2 Å². The molecule has 1 aliphatic heterocycles. The summed E-state index contributed by atoms with van der Waals surface area (Å²) in [4.78, 5) is 12.9. The zero-order chi connectivity index (χ0) is 26.3. The molecule has 2 aromatic carbocycles. The molecule has 0 amide bonds. The number of ether oxygens (including phenoxy) is 3. The first-order chi connectivity index (χ1) is 17.9. The van der Waals surface area contributed by atoms with E-state index in [0.717, 1.165) is 0 Å². The van der Waals surface area contributed by atoms with Crippen molar-refractivity contribution in [2.45, 2.75) is 4.90 Å². The molecule has 0 saturated carbocycles. The number of carbonyl (C=O) groups is 1. The minimum atomic E-state index is -3.56. The molecule has 3 aromatic rings. The number of hydrogen-bond acceptors (Lipinski definition) is 9. The highest BCUT2D eigenvalue weighted by Crippen LogP contribution is 2.29. The van der Waals surface area contributed by atoms with Gasteiger partial charge in [0.25, 0.3) is 0 Å². The predicted octanol–water partition coefficient (Wildman–Crippen LogP) is 3.32. The average molecular weight is 561 g/mol. The maximum atomic E-state index is 12.7. The number of esters is 1. The molecule has 1 aromatic heterocycles. The fourth-order valence-electron chi connectivity index (χ4n) is 3.36. The first-order valence-electron chi connectivity index (χ1n) is 11.1. The Hall–Kier alpha value is -3.36. The summed E-state index contributed by atoms with van der Waals surface area (Å²) in [7, 11) is -2.08. The van der Waals surface area contributed by atoms with Gasteiger partial charge in [-0.1, -0.05) is 6.07 Å². The van der Waals surface area contributed by atoms with Crippen molar-refractivity contribution in [2.24, 2.45) is 5.10 Å². The summed E-state index contributed by atoms with van der Waals surface area (Å²) in [6, 6.07) is 14.8. The van der Waals surface area contributed by atoms with Crippen molar-refractivity contribution in [1.82, 2.24) is 9.73 Å². The van der Waals surface area contributed by atoms with Crippen LogP contribution in [0.25, 0.3) is 0 Å². The quantitative estimate of drug-likeness (QED) is 0.141. The van der Waals surface area contributed by atoms with Crippen LogP contribution in [0.1, 0.15) is 15.2 Å². The summed E-state index contributed by atoms with van der Waals surface area (Å²) in [6.45, 7) is 1.45. The number of methoxy groups -OCH3 is 1. The van der Waals surface area contributed by atoms with E-state index in [4.69, 9.17) is 26.4 Å². The van der Waals surface area contributed by atoms with Crippen molar-refractivity contribution in [2.75, 3.05) is 38.7 Å². The Balaban J connectivity index is 1.31. The van der Waals surface area contributed by atoms with Gasteiger partial charge in [-0.15, -0.1) is 11.3 Å². The lowest BCUT2D eigenvalue weighted by Gasteiger charge is -2.26. The van der Waals surface area contributed by atoms with Gasteiger partial charge >= 0.3 is 5.97 Å². The molecule has 13 heteroatoms. The van der Waals surface area contributed by atoms with Gasteiger partial charge in [-0.25, -0.2) is 13.2 Å². The van der Waals surface area contributed by atoms with Crippen LogP contribution in [0.4, 0.5) is 5.69 Å². The van der Waals surface area contributed by atoms with E-state index in [1.54, 1.807) is 47.8 Å². The molecule has 0 atom stereocenters. The Labute approximate surface area is 223 Å². The number of hydrazone groups is 1. The summed E-state index contributed by atoms with van der Waals surface area (Å²) >= 11 is 6.55. The monoisotopic (exact) mass is 560 g/mol. The second kappa shape index (κ2) is 12.3. The highest BCUT2D eigenvalue weighted by atomic mass is 32.2. The Morgan fingerprint density at radius 2 is 1.89 bits per heavy atom. The number of morpholine rings is 1. The summed E-state index contributed by atoms with van der Waals surface area (Å²) in [5.41, 5.74) is 3.99. The van der Waals surface area contributed by atoms with Crippen molar-refractivity contribution in [1.29, 1.82) is 0 Å². The Morgan fingerprint density at radius 1 is 1.14 bits per heavy atom. The van der Waals surface area contributed by atoms with Crippen LogP contribution in [0.15, 0.2) is 70.0 Å². The third-order valence-corrected chi connectivity index (χ3v) is 8.17. The molecule has 0 radical (unpaired) electrons. The van der Waals surface area contributed by atoms with Crippen LogP contribution in [0.5, 0.6) is 11.5 Å². The van der Waals surface area contributed by atoms with Gasteiger partial charge in [-0.2, -0.15) is 9.41 Å². The van der Waals surface area contributed by atoms with Gasteiger partial charge in [0.15, 0.2) is 16.6 Å². The van der Waals surface area contributed by atoms with Gasteiger partial charge in [0.1, 0.15) is 4.88 Å².